The number of aldehydes is 1. The van der Waals surface area contributed by atoms with Crippen molar-refractivity contribution in [3.63, 3.8) is 0 Å². The van der Waals surface area contributed by atoms with Crippen LogP contribution in [0.1, 0.15) is 29.9 Å². The third kappa shape index (κ3) is 3.41. The Bertz CT molecular complexity index is 574. The van der Waals surface area contributed by atoms with Crippen molar-refractivity contribution in [3.8, 4) is 16.9 Å². The molecule has 0 N–H and O–H groups in total. The standard InChI is InChI=1S/C16H17NO2/c1-11(2)19-16-7-13(10-18)6-15(8-16)14-5-4-12(3)17-9-14/h4-11H,1-3H3. The normalized spacial score (nSPS) is 10.5. The molecule has 2 rings (SSSR count). The number of benzene rings is 1. The first kappa shape index (κ1) is 13.3. The highest BCUT2D eigenvalue weighted by Crippen LogP contribution is 2.26. The summed E-state index contributed by atoms with van der Waals surface area (Å²) in [6.45, 7) is 5.86. The lowest BCUT2D eigenvalue weighted by Crippen LogP contribution is -2.05. The van der Waals surface area contributed by atoms with E-state index >= 15 is 0 Å². The van der Waals surface area contributed by atoms with Crippen molar-refractivity contribution in [1.29, 1.82) is 0 Å². The molecule has 1 heterocycles. The monoisotopic (exact) mass is 255 g/mol. The molecule has 0 aliphatic carbocycles. The average Bonchev–Trinajstić information content (AvgIpc) is 2.38. The van der Waals surface area contributed by atoms with E-state index in [-0.39, 0.29) is 6.10 Å². The van der Waals surface area contributed by atoms with Crippen LogP contribution >= 0.6 is 0 Å². The molecule has 98 valence electrons. The Morgan fingerprint density at radius 1 is 1.16 bits per heavy atom. The molecule has 3 nitrogen and oxygen atoms in total. The van der Waals surface area contributed by atoms with Gasteiger partial charge in [0.15, 0.2) is 0 Å². The topological polar surface area (TPSA) is 39.2 Å². The van der Waals surface area contributed by atoms with E-state index in [0.717, 1.165) is 23.1 Å². The highest BCUT2D eigenvalue weighted by molar-refractivity contribution is 5.80. The maximum Gasteiger partial charge on any atom is 0.150 e. The van der Waals surface area contributed by atoms with Gasteiger partial charge < -0.3 is 4.74 Å². The van der Waals surface area contributed by atoms with E-state index in [1.54, 1.807) is 12.3 Å². The van der Waals surface area contributed by atoms with E-state index in [0.29, 0.717) is 11.3 Å². The third-order valence-electron chi connectivity index (χ3n) is 2.68. The second-order valence-corrected chi connectivity index (χ2v) is 4.76. The minimum Gasteiger partial charge on any atom is -0.491 e. The first-order valence-corrected chi connectivity index (χ1v) is 6.28. The first-order chi connectivity index (χ1) is 9.08. The van der Waals surface area contributed by atoms with Gasteiger partial charge in [-0.2, -0.15) is 0 Å². The number of carbonyl (C=O) groups is 1. The molecule has 0 saturated heterocycles. The van der Waals surface area contributed by atoms with Crippen LogP contribution in [-0.2, 0) is 0 Å². The van der Waals surface area contributed by atoms with Crippen LogP contribution in [0.3, 0.4) is 0 Å². The van der Waals surface area contributed by atoms with Gasteiger partial charge >= 0.3 is 0 Å². The zero-order valence-corrected chi connectivity index (χ0v) is 11.4. The van der Waals surface area contributed by atoms with Crippen molar-refractivity contribution in [2.24, 2.45) is 0 Å². The molecule has 0 amide bonds. The fourth-order valence-electron chi connectivity index (χ4n) is 1.84. The van der Waals surface area contributed by atoms with Crippen LogP contribution in [0.25, 0.3) is 11.1 Å². The number of rotatable bonds is 4. The number of ether oxygens (including phenoxy) is 1. The van der Waals surface area contributed by atoms with Crippen LogP contribution in [0.2, 0.25) is 0 Å². The van der Waals surface area contributed by atoms with E-state index in [1.165, 1.54) is 0 Å². The number of pyridine rings is 1. The molecule has 19 heavy (non-hydrogen) atoms. The number of nitrogens with zero attached hydrogens (tertiary/aromatic N) is 1. The van der Waals surface area contributed by atoms with E-state index in [2.05, 4.69) is 4.98 Å². The summed E-state index contributed by atoms with van der Waals surface area (Å²) in [7, 11) is 0. The van der Waals surface area contributed by atoms with Gasteiger partial charge in [-0.1, -0.05) is 6.07 Å². The van der Waals surface area contributed by atoms with Crippen LogP contribution in [-0.4, -0.2) is 17.4 Å². The van der Waals surface area contributed by atoms with Crippen LogP contribution in [0.15, 0.2) is 36.5 Å². The molecule has 3 heteroatoms. The Kier molecular flexibility index (Phi) is 3.95. The minimum atomic E-state index is 0.0749. The molecule has 0 saturated carbocycles. The number of aromatic nitrogens is 1. The first-order valence-electron chi connectivity index (χ1n) is 6.28. The largest absolute Gasteiger partial charge is 0.491 e. The molecular weight excluding hydrogens is 238 g/mol. The predicted octanol–water partition coefficient (Wildman–Crippen LogP) is 3.66. The lowest BCUT2D eigenvalue weighted by atomic mass is 10.0. The van der Waals surface area contributed by atoms with Crippen molar-refractivity contribution in [1.82, 2.24) is 4.98 Å². The Balaban J connectivity index is 2.44. The second kappa shape index (κ2) is 5.65. The summed E-state index contributed by atoms with van der Waals surface area (Å²) in [5, 5.41) is 0. The highest BCUT2D eigenvalue weighted by Gasteiger charge is 2.06. The summed E-state index contributed by atoms with van der Waals surface area (Å²) in [5.41, 5.74) is 3.48. The van der Waals surface area contributed by atoms with Crippen LogP contribution < -0.4 is 4.74 Å². The van der Waals surface area contributed by atoms with Crippen LogP contribution in [0, 0.1) is 6.92 Å². The van der Waals surface area contributed by atoms with Crippen molar-refractivity contribution in [2.75, 3.05) is 0 Å². The smallest absolute Gasteiger partial charge is 0.150 e. The number of hydrogen-bond acceptors (Lipinski definition) is 3. The van der Waals surface area contributed by atoms with Gasteiger partial charge in [-0.05, 0) is 50.6 Å². The Hall–Kier alpha value is -2.16. The van der Waals surface area contributed by atoms with Gasteiger partial charge in [-0.25, -0.2) is 0 Å². The average molecular weight is 255 g/mol. The third-order valence-corrected chi connectivity index (χ3v) is 2.68. The van der Waals surface area contributed by atoms with Gasteiger partial charge in [-0.15, -0.1) is 0 Å². The molecular formula is C16H17NO2. The Morgan fingerprint density at radius 2 is 1.95 bits per heavy atom. The van der Waals surface area contributed by atoms with E-state index < -0.39 is 0 Å². The van der Waals surface area contributed by atoms with Crippen molar-refractivity contribution >= 4 is 6.29 Å². The molecule has 0 fully saturated rings. The van der Waals surface area contributed by atoms with Gasteiger partial charge in [0.25, 0.3) is 0 Å². The summed E-state index contributed by atoms with van der Waals surface area (Å²) in [5.74, 6) is 0.704. The second-order valence-electron chi connectivity index (χ2n) is 4.76. The SMILES string of the molecule is Cc1ccc(-c2cc(C=O)cc(OC(C)C)c2)cn1. The molecule has 0 unspecified atom stereocenters. The lowest BCUT2D eigenvalue weighted by molar-refractivity contribution is 0.112. The minimum absolute atomic E-state index is 0.0749. The maximum atomic E-state index is 11.0. The van der Waals surface area contributed by atoms with E-state index in [9.17, 15) is 4.79 Å². The van der Waals surface area contributed by atoms with Crippen LogP contribution in [0.4, 0.5) is 0 Å². The Morgan fingerprint density at radius 3 is 2.53 bits per heavy atom. The number of aryl methyl sites for hydroxylation is 1. The van der Waals surface area contributed by atoms with Crippen molar-refractivity contribution in [2.45, 2.75) is 26.9 Å². The molecule has 0 aliphatic rings. The fourth-order valence-corrected chi connectivity index (χ4v) is 1.84. The molecule has 1 aromatic carbocycles. The van der Waals surface area contributed by atoms with Crippen LogP contribution in [0.5, 0.6) is 5.75 Å². The van der Waals surface area contributed by atoms with Gasteiger partial charge in [0.1, 0.15) is 12.0 Å². The van der Waals surface area contributed by atoms with Gasteiger partial charge in [0.05, 0.1) is 6.10 Å². The number of hydrogen-bond donors (Lipinski definition) is 0. The maximum absolute atomic E-state index is 11.0. The molecule has 1 aromatic heterocycles. The van der Waals surface area contributed by atoms with Gasteiger partial charge in [-0.3, -0.25) is 9.78 Å². The summed E-state index contributed by atoms with van der Waals surface area (Å²) >= 11 is 0. The molecule has 0 bridgehead atoms. The predicted molar refractivity (Wildman–Crippen MR) is 75.6 cm³/mol. The highest BCUT2D eigenvalue weighted by atomic mass is 16.5. The zero-order valence-electron chi connectivity index (χ0n) is 11.4. The fraction of sp³-hybridized carbons (Fsp3) is 0.250. The molecule has 0 radical (unpaired) electrons. The summed E-state index contributed by atoms with van der Waals surface area (Å²) < 4.78 is 5.66. The summed E-state index contributed by atoms with van der Waals surface area (Å²) in [6.07, 6.45) is 2.71. The van der Waals surface area contributed by atoms with E-state index in [1.807, 2.05) is 45.0 Å². The van der Waals surface area contributed by atoms with Gasteiger partial charge in [0, 0.05) is 23.0 Å². The number of carbonyl (C=O) groups excluding carboxylic acids is 1. The molecule has 0 atom stereocenters. The molecule has 2 aromatic rings. The van der Waals surface area contributed by atoms with Crippen molar-refractivity contribution < 1.29 is 9.53 Å². The van der Waals surface area contributed by atoms with E-state index in [4.69, 9.17) is 4.74 Å². The molecule has 0 spiro atoms. The Labute approximate surface area is 113 Å². The lowest BCUT2D eigenvalue weighted by Gasteiger charge is -2.12. The van der Waals surface area contributed by atoms with Gasteiger partial charge in [0.2, 0.25) is 0 Å². The van der Waals surface area contributed by atoms with Crippen molar-refractivity contribution in [3.05, 3.63) is 47.8 Å². The molecule has 0 aliphatic heterocycles. The zero-order chi connectivity index (χ0) is 13.8. The summed E-state index contributed by atoms with van der Waals surface area (Å²) in [4.78, 5) is 15.3. The quantitative estimate of drug-likeness (QED) is 0.783. The summed E-state index contributed by atoms with van der Waals surface area (Å²) in [6, 6.07) is 9.46.